The number of nitrogens with zero attached hydrogens (tertiary/aromatic N) is 3. The van der Waals surface area contributed by atoms with Crippen molar-refractivity contribution in [2.24, 2.45) is 0 Å². The number of hydrogen-bond donors (Lipinski definition) is 2. The number of hydrogen-bond acceptors (Lipinski definition) is 6. The topological polar surface area (TPSA) is 61.3 Å². The summed E-state index contributed by atoms with van der Waals surface area (Å²) in [7, 11) is 0. The molecule has 0 bridgehead atoms. The maximum Gasteiger partial charge on any atom is 0.134 e. The van der Waals surface area contributed by atoms with Crippen molar-refractivity contribution in [3.8, 4) is 0 Å². The molecule has 2 heterocycles. The average molecular weight is 284 g/mol. The number of rotatable bonds is 5. The lowest BCUT2D eigenvalue weighted by Gasteiger charge is -2.22. The molecule has 19 heavy (non-hydrogen) atoms. The first-order valence-corrected chi connectivity index (χ1v) is 7.88. The van der Waals surface area contributed by atoms with Gasteiger partial charge in [0.2, 0.25) is 0 Å². The molecule has 0 saturated carbocycles. The van der Waals surface area contributed by atoms with Gasteiger partial charge in [-0.2, -0.15) is 0 Å². The second kappa shape index (κ2) is 6.63. The maximum atomic E-state index is 10.1. The monoisotopic (exact) mass is 284 g/mol. The molecule has 1 saturated heterocycles. The summed E-state index contributed by atoms with van der Waals surface area (Å²) in [6.45, 7) is 7.84. The van der Waals surface area contributed by atoms with Crippen molar-refractivity contribution in [1.29, 1.82) is 0 Å². The van der Waals surface area contributed by atoms with Crippen molar-refractivity contribution >= 4 is 16.5 Å². The highest BCUT2D eigenvalue weighted by molar-refractivity contribution is 7.10. The zero-order valence-electron chi connectivity index (χ0n) is 11.9. The van der Waals surface area contributed by atoms with Crippen molar-refractivity contribution < 1.29 is 5.11 Å². The zero-order valence-corrected chi connectivity index (χ0v) is 12.7. The van der Waals surface area contributed by atoms with E-state index in [1.54, 1.807) is 0 Å². The third-order valence-electron chi connectivity index (χ3n) is 3.62. The van der Waals surface area contributed by atoms with Gasteiger partial charge in [0.05, 0.1) is 5.60 Å². The molecule has 0 aromatic carbocycles. The predicted octanol–water partition coefficient (Wildman–Crippen LogP) is 2.10. The molecule has 1 aromatic heterocycles. The third kappa shape index (κ3) is 4.40. The highest BCUT2D eigenvalue weighted by Crippen LogP contribution is 2.24. The summed E-state index contributed by atoms with van der Waals surface area (Å²) in [6.07, 6.45) is 3.87. The highest BCUT2D eigenvalue weighted by Gasteiger charge is 2.25. The van der Waals surface area contributed by atoms with Gasteiger partial charge in [0, 0.05) is 31.2 Å². The number of anilines is 1. The molecule has 0 radical (unpaired) electrons. The van der Waals surface area contributed by atoms with E-state index in [0.717, 1.165) is 62.6 Å². The third-order valence-corrected chi connectivity index (χ3v) is 4.35. The van der Waals surface area contributed by atoms with Crippen LogP contribution in [0.2, 0.25) is 0 Å². The lowest BCUT2D eigenvalue weighted by atomic mass is 9.98. The molecule has 2 rings (SSSR count). The summed E-state index contributed by atoms with van der Waals surface area (Å²) in [6, 6.07) is 0. The van der Waals surface area contributed by atoms with Gasteiger partial charge in [-0.05, 0) is 39.2 Å². The Morgan fingerprint density at radius 3 is 3.05 bits per heavy atom. The minimum atomic E-state index is -0.502. The Hall–Kier alpha value is -0.720. The molecule has 1 atom stereocenters. The van der Waals surface area contributed by atoms with Gasteiger partial charge in [-0.1, -0.05) is 11.4 Å². The van der Waals surface area contributed by atoms with E-state index in [1.165, 1.54) is 11.5 Å². The SMILES string of the molecule is CCCNc1snnc1CN1CCCC(C)(O)CC1. The minimum absolute atomic E-state index is 0.502. The summed E-state index contributed by atoms with van der Waals surface area (Å²) in [5.41, 5.74) is 0.540. The van der Waals surface area contributed by atoms with E-state index in [4.69, 9.17) is 0 Å². The molecule has 1 aromatic rings. The lowest BCUT2D eigenvalue weighted by Crippen LogP contribution is -2.28. The number of aliphatic hydroxyl groups is 1. The molecule has 0 amide bonds. The van der Waals surface area contributed by atoms with E-state index < -0.39 is 5.60 Å². The van der Waals surface area contributed by atoms with Gasteiger partial charge in [0.15, 0.2) is 0 Å². The molecule has 0 spiro atoms. The molecular formula is C13H24N4OS. The second-order valence-corrected chi connectivity index (χ2v) is 6.36. The fraction of sp³-hybridized carbons (Fsp3) is 0.846. The van der Waals surface area contributed by atoms with Crippen LogP contribution in [0.15, 0.2) is 0 Å². The van der Waals surface area contributed by atoms with Gasteiger partial charge in [0.25, 0.3) is 0 Å². The van der Waals surface area contributed by atoms with Gasteiger partial charge in [-0.3, -0.25) is 4.90 Å². The quantitative estimate of drug-likeness (QED) is 0.867. The van der Waals surface area contributed by atoms with E-state index in [2.05, 4.69) is 26.7 Å². The Labute approximate surface area is 119 Å². The predicted molar refractivity (Wildman–Crippen MR) is 78.4 cm³/mol. The number of nitrogens with one attached hydrogen (secondary N) is 1. The molecule has 0 aliphatic carbocycles. The second-order valence-electron chi connectivity index (χ2n) is 5.60. The first-order valence-electron chi connectivity index (χ1n) is 7.10. The number of likely N-dealkylation sites (tertiary alicyclic amines) is 1. The Bertz CT molecular complexity index is 394. The summed E-state index contributed by atoms with van der Waals surface area (Å²) in [5, 5.41) is 18.8. The van der Waals surface area contributed by atoms with Crippen LogP contribution in [0.3, 0.4) is 0 Å². The van der Waals surface area contributed by atoms with Crippen LogP contribution in [0.25, 0.3) is 0 Å². The normalized spacial score (nSPS) is 25.2. The van der Waals surface area contributed by atoms with Crippen molar-refractivity contribution in [3.63, 3.8) is 0 Å². The fourth-order valence-electron chi connectivity index (χ4n) is 2.37. The van der Waals surface area contributed by atoms with E-state index >= 15 is 0 Å². The number of aromatic nitrogens is 2. The van der Waals surface area contributed by atoms with E-state index in [0.29, 0.717) is 0 Å². The molecule has 1 aliphatic heterocycles. The summed E-state index contributed by atoms with van der Waals surface area (Å²) in [5.74, 6) is 0. The highest BCUT2D eigenvalue weighted by atomic mass is 32.1. The standard InChI is InChI=1S/C13H24N4OS/c1-3-7-14-12-11(15-16-19-12)10-17-8-4-5-13(2,18)6-9-17/h14,18H,3-10H2,1-2H3. The van der Waals surface area contributed by atoms with Crippen LogP contribution in [0.1, 0.15) is 45.2 Å². The molecule has 1 fully saturated rings. The van der Waals surface area contributed by atoms with Crippen LogP contribution >= 0.6 is 11.5 Å². The average Bonchev–Trinajstić information content (AvgIpc) is 2.72. The van der Waals surface area contributed by atoms with Crippen LogP contribution in [0.5, 0.6) is 0 Å². The van der Waals surface area contributed by atoms with Crippen LogP contribution in [0.4, 0.5) is 5.00 Å². The van der Waals surface area contributed by atoms with Crippen LogP contribution in [-0.2, 0) is 6.54 Å². The molecule has 1 aliphatic rings. The zero-order chi connectivity index (χ0) is 13.7. The Morgan fingerprint density at radius 2 is 2.26 bits per heavy atom. The van der Waals surface area contributed by atoms with Crippen molar-refractivity contribution in [3.05, 3.63) is 5.69 Å². The molecule has 108 valence electrons. The first kappa shape index (κ1) is 14.7. The van der Waals surface area contributed by atoms with Gasteiger partial charge < -0.3 is 10.4 Å². The summed E-state index contributed by atoms with van der Waals surface area (Å²) < 4.78 is 4.05. The van der Waals surface area contributed by atoms with Crippen molar-refractivity contribution in [1.82, 2.24) is 14.5 Å². The van der Waals surface area contributed by atoms with Gasteiger partial charge in [0.1, 0.15) is 10.7 Å². The van der Waals surface area contributed by atoms with Gasteiger partial charge in [-0.25, -0.2) is 0 Å². The smallest absolute Gasteiger partial charge is 0.134 e. The molecule has 1 unspecified atom stereocenters. The van der Waals surface area contributed by atoms with Gasteiger partial charge >= 0.3 is 0 Å². The fourth-order valence-corrected chi connectivity index (χ4v) is 2.97. The lowest BCUT2D eigenvalue weighted by molar-refractivity contribution is 0.0444. The molecule has 5 nitrogen and oxygen atoms in total. The van der Waals surface area contributed by atoms with Crippen molar-refractivity contribution in [2.45, 2.75) is 51.7 Å². The summed E-state index contributed by atoms with van der Waals surface area (Å²) >= 11 is 1.43. The van der Waals surface area contributed by atoms with Crippen molar-refractivity contribution in [2.75, 3.05) is 25.0 Å². The largest absolute Gasteiger partial charge is 0.390 e. The van der Waals surface area contributed by atoms with E-state index in [9.17, 15) is 5.11 Å². The van der Waals surface area contributed by atoms with E-state index in [-0.39, 0.29) is 0 Å². The molecular weight excluding hydrogens is 260 g/mol. The summed E-state index contributed by atoms with van der Waals surface area (Å²) in [4.78, 5) is 2.37. The van der Waals surface area contributed by atoms with Crippen LogP contribution in [0, 0.1) is 0 Å². The van der Waals surface area contributed by atoms with Crippen LogP contribution < -0.4 is 5.32 Å². The minimum Gasteiger partial charge on any atom is -0.390 e. The van der Waals surface area contributed by atoms with Crippen LogP contribution in [-0.4, -0.2) is 44.8 Å². The van der Waals surface area contributed by atoms with Gasteiger partial charge in [-0.15, -0.1) is 5.10 Å². The Balaban J connectivity index is 1.92. The maximum absolute atomic E-state index is 10.1. The molecule has 6 heteroatoms. The Kier molecular flexibility index (Phi) is 5.13. The molecule has 2 N–H and O–H groups in total. The van der Waals surface area contributed by atoms with E-state index in [1.807, 2.05) is 6.92 Å². The first-order chi connectivity index (χ1) is 9.11. The Morgan fingerprint density at radius 1 is 1.42 bits per heavy atom.